The molecule has 6 heteroatoms. The summed E-state index contributed by atoms with van der Waals surface area (Å²) in [6, 6.07) is 2.70. The third kappa shape index (κ3) is 2.04. The van der Waals surface area contributed by atoms with Gasteiger partial charge in [-0.1, -0.05) is 0 Å². The van der Waals surface area contributed by atoms with Gasteiger partial charge in [-0.3, -0.25) is 10.1 Å². The van der Waals surface area contributed by atoms with Crippen molar-refractivity contribution in [1.29, 1.82) is 0 Å². The smallest absolute Gasteiger partial charge is 0.404 e. The van der Waals surface area contributed by atoms with E-state index < -0.39 is 4.92 Å². The van der Waals surface area contributed by atoms with Crippen LogP contribution in [0.1, 0.15) is 5.76 Å². The van der Waals surface area contributed by atoms with Gasteiger partial charge in [0.05, 0.1) is 12.6 Å². The van der Waals surface area contributed by atoms with Gasteiger partial charge in [-0.25, -0.2) is 0 Å². The second-order valence-corrected chi connectivity index (χ2v) is 2.31. The number of hydrogen-bond donors (Lipinski definition) is 1. The summed E-state index contributed by atoms with van der Waals surface area (Å²) in [5, 5.41) is 19.8. The van der Waals surface area contributed by atoms with E-state index in [1.165, 1.54) is 19.2 Å². The predicted octanol–water partition coefficient (Wildman–Crippen LogP) is 1.01. The van der Waals surface area contributed by atoms with Crippen molar-refractivity contribution in [2.75, 3.05) is 7.05 Å². The molecule has 1 N–H and O–H groups in total. The van der Waals surface area contributed by atoms with E-state index in [4.69, 9.17) is 9.62 Å². The fourth-order valence-corrected chi connectivity index (χ4v) is 0.775. The van der Waals surface area contributed by atoms with Gasteiger partial charge in [0, 0.05) is 7.05 Å². The second kappa shape index (κ2) is 3.33. The molecule has 0 spiro atoms. The molecule has 0 atom stereocenters. The molecular formula is C6H8N2O4. The topological polar surface area (TPSA) is 79.8 Å². The van der Waals surface area contributed by atoms with Crippen LogP contribution >= 0.6 is 0 Å². The summed E-state index contributed by atoms with van der Waals surface area (Å²) in [6.07, 6.45) is 0. The predicted molar refractivity (Wildman–Crippen MR) is 38.6 cm³/mol. The van der Waals surface area contributed by atoms with Crippen LogP contribution in [0.3, 0.4) is 0 Å². The van der Waals surface area contributed by atoms with Gasteiger partial charge < -0.3 is 9.62 Å². The van der Waals surface area contributed by atoms with Gasteiger partial charge in [0.15, 0.2) is 0 Å². The van der Waals surface area contributed by atoms with Crippen LogP contribution in [0.5, 0.6) is 0 Å². The summed E-state index contributed by atoms with van der Waals surface area (Å²) in [7, 11) is 1.42. The van der Waals surface area contributed by atoms with Crippen LogP contribution in [-0.2, 0) is 6.54 Å². The molecule has 0 fully saturated rings. The summed E-state index contributed by atoms with van der Waals surface area (Å²) in [5.74, 6) is 0.0403. The number of furan rings is 1. The van der Waals surface area contributed by atoms with Crippen molar-refractivity contribution >= 4 is 5.88 Å². The van der Waals surface area contributed by atoms with Crippen LogP contribution in [0.15, 0.2) is 16.5 Å². The van der Waals surface area contributed by atoms with Crippen molar-refractivity contribution < 1.29 is 14.5 Å². The monoisotopic (exact) mass is 172 g/mol. The highest BCUT2D eigenvalue weighted by atomic mass is 16.6. The average Bonchev–Trinajstić information content (AvgIpc) is 2.34. The SMILES string of the molecule is CN(O)Cc1ccc([N+](=O)[O-])o1. The van der Waals surface area contributed by atoms with Gasteiger partial charge in [0.25, 0.3) is 0 Å². The third-order valence-corrected chi connectivity index (χ3v) is 1.21. The first kappa shape index (κ1) is 8.69. The molecule has 0 saturated heterocycles. The quantitative estimate of drug-likeness (QED) is 0.543. The van der Waals surface area contributed by atoms with E-state index in [0.717, 1.165) is 5.06 Å². The lowest BCUT2D eigenvalue weighted by Crippen LogP contribution is -2.10. The zero-order valence-corrected chi connectivity index (χ0v) is 6.43. The molecule has 66 valence electrons. The Kier molecular flexibility index (Phi) is 2.41. The standard InChI is InChI=1S/C6H8N2O4/c1-7(9)4-5-2-3-6(12-5)8(10)11/h2-3,9H,4H2,1H3. The fourth-order valence-electron chi connectivity index (χ4n) is 0.775. The van der Waals surface area contributed by atoms with Crippen LogP contribution < -0.4 is 0 Å². The second-order valence-electron chi connectivity index (χ2n) is 2.31. The normalized spacial score (nSPS) is 10.6. The molecular weight excluding hydrogens is 164 g/mol. The lowest BCUT2D eigenvalue weighted by Gasteiger charge is -2.02. The summed E-state index contributed by atoms with van der Waals surface area (Å²) in [5.41, 5.74) is 0. The minimum Gasteiger partial charge on any atom is -0.404 e. The zero-order valence-electron chi connectivity index (χ0n) is 6.43. The Balaban J connectivity index is 2.71. The molecule has 1 rings (SSSR count). The highest BCUT2D eigenvalue weighted by Crippen LogP contribution is 2.15. The molecule has 6 nitrogen and oxygen atoms in total. The number of nitrogens with zero attached hydrogens (tertiary/aromatic N) is 2. The minimum absolute atomic E-state index is 0.133. The van der Waals surface area contributed by atoms with Crippen molar-refractivity contribution in [2.24, 2.45) is 0 Å². The molecule has 0 aliphatic rings. The lowest BCUT2D eigenvalue weighted by molar-refractivity contribution is -0.402. The molecule has 0 saturated carbocycles. The Morgan fingerprint density at radius 3 is 2.83 bits per heavy atom. The molecule has 0 radical (unpaired) electrons. The first-order valence-corrected chi connectivity index (χ1v) is 3.22. The Labute approximate surface area is 68.1 Å². The Bertz CT molecular complexity index is 281. The van der Waals surface area contributed by atoms with Crippen molar-refractivity contribution in [3.05, 3.63) is 28.0 Å². The molecule has 12 heavy (non-hydrogen) atoms. The third-order valence-electron chi connectivity index (χ3n) is 1.21. The van der Waals surface area contributed by atoms with Crippen LogP contribution in [0.4, 0.5) is 5.88 Å². The van der Waals surface area contributed by atoms with Gasteiger partial charge in [0.2, 0.25) is 0 Å². The number of nitro groups is 1. The molecule has 0 bridgehead atoms. The molecule has 0 aromatic carbocycles. The first-order chi connectivity index (χ1) is 5.59. The van der Waals surface area contributed by atoms with Crippen LogP contribution in [0.25, 0.3) is 0 Å². The van der Waals surface area contributed by atoms with Gasteiger partial charge in [0.1, 0.15) is 10.7 Å². The number of hydroxylamine groups is 2. The van der Waals surface area contributed by atoms with Gasteiger partial charge in [-0.2, -0.15) is 5.06 Å². The van der Waals surface area contributed by atoms with Gasteiger partial charge >= 0.3 is 5.88 Å². The average molecular weight is 172 g/mol. The highest BCUT2D eigenvalue weighted by Gasteiger charge is 2.11. The fraction of sp³-hybridized carbons (Fsp3) is 0.333. The van der Waals surface area contributed by atoms with Crippen LogP contribution in [0, 0.1) is 10.1 Å². The summed E-state index contributed by atoms with van der Waals surface area (Å²) >= 11 is 0. The van der Waals surface area contributed by atoms with Crippen LogP contribution in [0.2, 0.25) is 0 Å². The van der Waals surface area contributed by atoms with Crippen LogP contribution in [-0.4, -0.2) is 22.2 Å². The lowest BCUT2D eigenvalue weighted by atomic mass is 10.4. The molecule has 0 aliphatic carbocycles. The first-order valence-electron chi connectivity index (χ1n) is 3.22. The van der Waals surface area contributed by atoms with Crippen molar-refractivity contribution in [1.82, 2.24) is 5.06 Å². The Morgan fingerprint density at radius 1 is 1.75 bits per heavy atom. The maximum atomic E-state index is 10.1. The Morgan fingerprint density at radius 2 is 2.42 bits per heavy atom. The maximum Gasteiger partial charge on any atom is 0.433 e. The zero-order chi connectivity index (χ0) is 9.14. The van der Waals surface area contributed by atoms with Crippen molar-refractivity contribution in [3.8, 4) is 0 Å². The number of hydrogen-bond acceptors (Lipinski definition) is 5. The molecule has 0 aliphatic heterocycles. The Hall–Kier alpha value is -1.40. The number of rotatable bonds is 3. The molecule has 0 amide bonds. The highest BCUT2D eigenvalue weighted by molar-refractivity contribution is 5.17. The molecule has 1 heterocycles. The molecule has 1 aromatic heterocycles. The molecule has 0 unspecified atom stereocenters. The summed E-state index contributed by atoms with van der Waals surface area (Å²) < 4.78 is 4.76. The maximum absolute atomic E-state index is 10.1. The van der Waals surface area contributed by atoms with E-state index in [0.29, 0.717) is 5.76 Å². The van der Waals surface area contributed by atoms with Crippen molar-refractivity contribution in [2.45, 2.75) is 6.54 Å². The largest absolute Gasteiger partial charge is 0.433 e. The van der Waals surface area contributed by atoms with Gasteiger partial charge in [-0.15, -0.1) is 0 Å². The summed E-state index contributed by atoms with van der Waals surface area (Å²) in [6.45, 7) is 0.133. The van der Waals surface area contributed by atoms with E-state index >= 15 is 0 Å². The summed E-state index contributed by atoms with van der Waals surface area (Å²) in [4.78, 5) is 9.51. The van der Waals surface area contributed by atoms with E-state index in [9.17, 15) is 10.1 Å². The van der Waals surface area contributed by atoms with E-state index in [1.54, 1.807) is 0 Å². The van der Waals surface area contributed by atoms with Crippen molar-refractivity contribution in [3.63, 3.8) is 0 Å². The minimum atomic E-state index is -0.624. The van der Waals surface area contributed by atoms with E-state index in [2.05, 4.69) is 0 Å². The van der Waals surface area contributed by atoms with E-state index in [1.807, 2.05) is 0 Å². The van der Waals surface area contributed by atoms with Gasteiger partial charge in [-0.05, 0) is 6.07 Å². The molecule has 1 aromatic rings. The van der Waals surface area contributed by atoms with E-state index in [-0.39, 0.29) is 12.4 Å².